The lowest BCUT2D eigenvalue weighted by atomic mass is 10.1. The number of rotatable bonds is 2. The first-order valence-electron chi connectivity index (χ1n) is 5.23. The molecule has 0 atom stereocenters. The van der Waals surface area contributed by atoms with Crippen molar-refractivity contribution in [2.24, 2.45) is 0 Å². The first-order chi connectivity index (χ1) is 9.02. The van der Waals surface area contributed by atoms with Crippen LogP contribution < -0.4 is 0 Å². The lowest BCUT2D eigenvalue weighted by molar-refractivity contribution is 0.0595. The average molecular weight is 284 g/mol. The third-order valence-corrected chi connectivity index (χ3v) is 2.64. The lowest BCUT2D eigenvalue weighted by Gasteiger charge is -2.07. The largest absolute Gasteiger partial charge is 0.465 e. The average Bonchev–Trinajstić information content (AvgIpc) is 2.41. The number of methoxy groups -OCH3 is 1. The quantitative estimate of drug-likeness (QED) is 0.626. The van der Waals surface area contributed by atoms with Gasteiger partial charge in [-0.1, -0.05) is 11.6 Å². The number of pyridine rings is 1. The molecule has 2 aromatic rings. The van der Waals surface area contributed by atoms with Gasteiger partial charge in [0.2, 0.25) is 0 Å². The number of ether oxygens (including phenoxy) is 1. The summed E-state index contributed by atoms with van der Waals surface area (Å²) in [6.07, 6.45) is 0. The highest BCUT2D eigenvalue weighted by molar-refractivity contribution is 6.29. The van der Waals surface area contributed by atoms with Gasteiger partial charge in [0.15, 0.2) is 5.82 Å². The van der Waals surface area contributed by atoms with E-state index in [1.165, 1.54) is 12.1 Å². The smallest absolute Gasteiger partial charge is 0.341 e. The van der Waals surface area contributed by atoms with Crippen molar-refractivity contribution in [3.8, 4) is 11.3 Å². The summed E-state index contributed by atoms with van der Waals surface area (Å²) in [5.41, 5.74) is -0.138. The summed E-state index contributed by atoms with van der Waals surface area (Å²) in [5, 5.41) is -0.0545. The fourth-order valence-electron chi connectivity index (χ4n) is 1.56. The minimum Gasteiger partial charge on any atom is -0.465 e. The van der Waals surface area contributed by atoms with Gasteiger partial charge < -0.3 is 4.74 Å². The Morgan fingerprint density at radius 1 is 1.26 bits per heavy atom. The summed E-state index contributed by atoms with van der Waals surface area (Å²) >= 11 is 5.74. The van der Waals surface area contributed by atoms with Crippen LogP contribution in [0.4, 0.5) is 8.78 Å². The molecule has 1 aromatic heterocycles. The third-order valence-electron chi connectivity index (χ3n) is 2.45. The Bertz CT molecular complexity index is 629. The standard InChI is InChI=1S/C13H8ClF2NO2/c1-19-13(18)9-6-10(14)17-12(11(9)16)7-2-4-8(15)5-3-7/h2-6H,1H3. The van der Waals surface area contributed by atoms with Gasteiger partial charge in [-0.15, -0.1) is 0 Å². The Balaban J connectivity index is 2.60. The zero-order chi connectivity index (χ0) is 14.0. The molecule has 0 aliphatic carbocycles. The van der Waals surface area contributed by atoms with Crippen LogP contribution in [0.1, 0.15) is 10.4 Å². The number of nitrogens with zero attached hydrogens (tertiary/aromatic N) is 1. The number of carbonyl (C=O) groups excluding carboxylic acids is 1. The summed E-state index contributed by atoms with van der Waals surface area (Å²) in [4.78, 5) is 15.2. The van der Waals surface area contributed by atoms with Crippen molar-refractivity contribution < 1.29 is 18.3 Å². The van der Waals surface area contributed by atoms with Crippen LogP contribution in [0.15, 0.2) is 30.3 Å². The first-order valence-corrected chi connectivity index (χ1v) is 5.61. The Hall–Kier alpha value is -2.01. The van der Waals surface area contributed by atoms with E-state index in [-0.39, 0.29) is 16.4 Å². The van der Waals surface area contributed by atoms with Gasteiger partial charge >= 0.3 is 5.97 Å². The van der Waals surface area contributed by atoms with Gasteiger partial charge in [-0.2, -0.15) is 0 Å². The molecular weight excluding hydrogens is 276 g/mol. The molecule has 0 aliphatic heterocycles. The lowest BCUT2D eigenvalue weighted by Crippen LogP contribution is -2.07. The van der Waals surface area contributed by atoms with Crippen molar-refractivity contribution in [3.63, 3.8) is 0 Å². The maximum absolute atomic E-state index is 14.2. The summed E-state index contributed by atoms with van der Waals surface area (Å²) < 4.78 is 31.4. The van der Waals surface area contributed by atoms with E-state index in [2.05, 4.69) is 9.72 Å². The van der Waals surface area contributed by atoms with Gasteiger partial charge in [0.05, 0.1) is 7.11 Å². The molecule has 0 saturated heterocycles. The second-order valence-electron chi connectivity index (χ2n) is 3.65. The SMILES string of the molecule is COC(=O)c1cc(Cl)nc(-c2ccc(F)cc2)c1F. The van der Waals surface area contributed by atoms with Crippen molar-refractivity contribution >= 4 is 17.6 Å². The van der Waals surface area contributed by atoms with E-state index >= 15 is 0 Å². The molecule has 1 aromatic carbocycles. The minimum absolute atomic E-state index is 0.0545. The van der Waals surface area contributed by atoms with E-state index in [0.717, 1.165) is 25.3 Å². The maximum Gasteiger partial charge on any atom is 0.341 e. The molecule has 0 amide bonds. The van der Waals surface area contributed by atoms with Gasteiger partial charge in [0.1, 0.15) is 22.2 Å². The summed E-state index contributed by atoms with van der Waals surface area (Å²) in [7, 11) is 1.13. The molecule has 0 bridgehead atoms. The van der Waals surface area contributed by atoms with Crippen LogP contribution in [0, 0.1) is 11.6 Å². The number of hydrogen-bond donors (Lipinski definition) is 0. The fourth-order valence-corrected chi connectivity index (χ4v) is 1.75. The van der Waals surface area contributed by atoms with Gasteiger partial charge in [-0.05, 0) is 30.3 Å². The van der Waals surface area contributed by atoms with E-state index in [1.54, 1.807) is 0 Å². The van der Waals surface area contributed by atoms with Crippen molar-refractivity contribution in [2.75, 3.05) is 7.11 Å². The molecule has 2 rings (SSSR count). The van der Waals surface area contributed by atoms with E-state index in [1.807, 2.05) is 0 Å². The number of carbonyl (C=O) groups is 1. The van der Waals surface area contributed by atoms with Crippen molar-refractivity contribution in [3.05, 3.63) is 52.7 Å². The molecule has 0 saturated carbocycles. The van der Waals surface area contributed by atoms with Crippen molar-refractivity contribution in [1.82, 2.24) is 4.98 Å². The van der Waals surface area contributed by atoms with Crippen LogP contribution in [0.3, 0.4) is 0 Å². The molecule has 1 heterocycles. The topological polar surface area (TPSA) is 39.2 Å². The van der Waals surface area contributed by atoms with Gasteiger partial charge in [0, 0.05) is 5.56 Å². The summed E-state index contributed by atoms with van der Waals surface area (Å²) in [6, 6.07) is 6.09. The molecule has 0 radical (unpaired) electrons. The minimum atomic E-state index is -0.858. The molecule has 0 aliphatic rings. The van der Waals surface area contributed by atoms with Gasteiger partial charge in [-0.3, -0.25) is 0 Å². The molecule has 3 nitrogen and oxygen atoms in total. The summed E-state index contributed by atoms with van der Waals surface area (Å²) in [5.74, 6) is -2.17. The molecule has 0 N–H and O–H groups in total. The molecular formula is C13H8ClF2NO2. The molecule has 19 heavy (non-hydrogen) atoms. The number of aromatic nitrogens is 1. The van der Waals surface area contributed by atoms with E-state index in [0.29, 0.717) is 5.56 Å². The number of benzene rings is 1. The summed E-state index contributed by atoms with van der Waals surface area (Å²) in [6.45, 7) is 0. The van der Waals surface area contributed by atoms with Crippen molar-refractivity contribution in [1.29, 1.82) is 0 Å². The van der Waals surface area contributed by atoms with Crippen LogP contribution in [0.25, 0.3) is 11.3 Å². The second kappa shape index (κ2) is 5.32. The normalized spacial score (nSPS) is 10.3. The number of esters is 1. The van der Waals surface area contributed by atoms with Crippen LogP contribution >= 0.6 is 11.6 Å². The van der Waals surface area contributed by atoms with Gasteiger partial charge in [-0.25, -0.2) is 18.6 Å². The maximum atomic E-state index is 14.2. The highest BCUT2D eigenvalue weighted by Crippen LogP contribution is 2.26. The highest BCUT2D eigenvalue weighted by atomic mass is 35.5. The van der Waals surface area contributed by atoms with E-state index in [9.17, 15) is 13.6 Å². The molecule has 0 unspecified atom stereocenters. The Morgan fingerprint density at radius 3 is 2.47 bits per heavy atom. The third kappa shape index (κ3) is 2.71. The number of hydrogen-bond acceptors (Lipinski definition) is 3. The Labute approximate surface area is 112 Å². The van der Waals surface area contributed by atoms with Crippen LogP contribution in [0.5, 0.6) is 0 Å². The van der Waals surface area contributed by atoms with Crippen molar-refractivity contribution in [2.45, 2.75) is 0 Å². The molecule has 0 fully saturated rings. The predicted molar refractivity (Wildman–Crippen MR) is 65.9 cm³/mol. The fraction of sp³-hybridized carbons (Fsp3) is 0.0769. The van der Waals surface area contributed by atoms with Crippen LogP contribution in [-0.2, 0) is 4.74 Å². The van der Waals surface area contributed by atoms with E-state index in [4.69, 9.17) is 11.6 Å². The van der Waals surface area contributed by atoms with Crippen LogP contribution in [-0.4, -0.2) is 18.1 Å². The Kier molecular flexibility index (Phi) is 3.76. The molecule has 6 heteroatoms. The predicted octanol–water partition coefficient (Wildman–Crippen LogP) is 3.47. The Morgan fingerprint density at radius 2 is 1.89 bits per heavy atom. The van der Waals surface area contributed by atoms with Crippen LogP contribution in [0.2, 0.25) is 5.15 Å². The van der Waals surface area contributed by atoms with E-state index < -0.39 is 17.6 Å². The molecule has 0 spiro atoms. The zero-order valence-electron chi connectivity index (χ0n) is 9.78. The highest BCUT2D eigenvalue weighted by Gasteiger charge is 2.19. The monoisotopic (exact) mass is 283 g/mol. The molecule has 98 valence electrons. The zero-order valence-corrected chi connectivity index (χ0v) is 10.5. The van der Waals surface area contributed by atoms with Gasteiger partial charge in [0.25, 0.3) is 0 Å². The number of halogens is 3. The first kappa shape index (κ1) is 13.4. The second-order valence-corrected chi connectivity index (χ2v) is 4.04.